The molecule has 0 aliphatic heterocycles. The molecule has 0 saturated heterocycles. The second-order valence-corrected chi connectivity index (χ2v) is 6.76. The summed E-state index contributed by atoms with van der Waals surface area (Å²) in [5, 5.41) is 9.29. The first kappa shape index (κ1) is 13.9. The van der Waals surface area contributed by atoms with Gasteiger partial charge in [0.15, 0.2) is 0 Å². The van der Waals surface area contributed by atoms with Gasteiger partial charge in [-0.25, -0.2) is 0 Å². The van der Waals surface area contributed by atoms with E-state index in [0.29, 0.717) is 12.5 Å². The Bertz CT molecular complexity index is 468. The molecule has 0 heterocycles. The zero-order valence-corrected chi connectivity index (χ0v) is 12.5. The number of fused-ring (bicyclic) bond motifs is 1. The summed E-state index contributed by atoms with van der Waals surface area (Å²) in [7, 11) is 0. The molecule has 0 aromatic heterocycles. The maximum absolute atomic E-state index is 9.29. The van der Waals surface area contributed by atoms with Crippen molar-refractivity contribution in [2.24, 2.45) is 23.2 Å². The molecule has 1 heteroatoms. The van der Waals surface area contributed by atoms with Crippen molar-refractivity contribution < 1.29 is 5.11 Å². The van der Waals surface area contributed by atoms with Crippen molar-refractivity contribution >= 4 is 0 Å². The van der Waals surface area contributed by atoms with Crippen LogP contribution in [0.2, 0.25) is 0 Å². The largest absolute Gasteiger partial charge is 0.396 e. The second-order valence-electron chi connectivity index (χ2n) is 6.76. The molecule has 3 rings (SSSR count). The van der Waals surface area contributed by atoms with Crippen LogP contribution in [0.4, 0.5) is 0 Å². The summed E-state index contributed by atoms with van der Waals surface area (Å²) in [4.78, 5) is 0. The predicted octanol–water partition coefficient (Wildman–Crippen LogP) is 4.42. The Morgan fingerprint density at radius 3 is 2.80 bits per heavy atom. The topological polar surface area (TPSA) is 20.2 Å². The third-order valence-electron chi connectivity index (χ3n) is 5.75. The molecule has 0 amide bonds. The van der Waals surface area contributed by atoms with Crippen molar-refractivity contribution in [3.63, 3.8) is 0 Å². The van der Waals surface area contributed by atoms with E-state index in [1.165, 1.54) is 12.8 Å². The highest BCUT2D eigenvalue weighted by atomic mass is 16.2. The number of hydrogen-bond acceptors (Lipinski definition) is 1. The highest BCUT2D eigenvalue weighted by molar-refractivity contribution is 5.31. The zero-order chi connectivity index (χ0) is 14.0. The fourth-order valence-electron chi connectivity index (χ4n) is 4.60. The van der Waals surface area contributed by atoms with Crippen molar-refractivity contribution in [1.82, 2.24) is 0 Å². The molecule has 0 spiro atoms. The van der Waals surface area contributed by atoms with Gasteiger partial charge in [0.25, 0.3) is 0 Å². The molecule has 4 unspecified atom stereocenters. The predicted molar refractivity (Wildman–Crippen MR) is 84.3 cm³/mol. The maximum atomic E-state index is 9.29. The standard InChI is InChI=1S/C19H26O/c1-19(13-6-14-20,16-8-3-4-9-16)18-12-11-15-7-2-5-10-17(15)18/h2-5,7-8,10,15,17-18,20H,6,9,11-14H2,1H3. The molecule has 1 fully saturated rings. The fraction of sp³-hybridized carbons (Fsp3) is 0.579. The Balaban J connectivity index is 1.85. The minimum Gasteiger partial charge on any atom is -0.396 e. The SMILES string of the molecule is CC(CCCO)(C1=CC=CC1)C1CCC2C=CC=CC21. The van der Waals surface area contributed by atoms with Gasteiger partial charge < -0.3 is 5.11 Å². The molecular formula is C19H26O. The van der Waals surface area contributed by atoms with Crippen LogP contribution in [0.25, 0.3) is 0 Å². The number of rotatable bonds is 5. The van der Waals surface area contributed by atoms with E-state index in [9.17, 15) is 5.11 Å². The summed E-state index contributed by atoms with van der Waals surface area (Å²) in [6.45, 7) is 2.76. The number of hydrogen-bond donors (Lipinski definition) is 1. The first-order valence-electron chi connectivity index (χ1n) is 8.08. The summed E-state index contributed by atoms with van der Waals surface area (Å²) in [6, 6.07) is 0. The molecule has 1 saturated carbocycles. The lowest BCUT2D eigenvalue weighted by atomic mass is 9.63. The highest BCUT2D eigenvalue weighted by Gasteiger charge is 2.46. The molecule has 108 valence electrons. The van der Waals surface area contributed by atoms with Crippen molar-refractivity contribution in [2.75, 3.05) is 6.61 Å². The van der Waals surface area contributed by atoms with Gasteiger partial charge in [0.1, 0.15) is 0 Å². The van der Waals surface area contributed by atoms with Crippen LogP contribution in [-0.4, -0.2) is 11.7 Å². The van der Waals surface area contributed by atoms with Crippen LogP contribution >= 0.6 is 0 Å². The molecule has 0 aromatic carbocycles. The number of aliphatic hydroxyl groups is 1. The normalized spacial score (nSPS) is 34.1. The average molecular weight is 270 g/mol. The molecule has 0 bridgehead atoms. The maximum Gasteiger partial charge on any atom is 0.0431 e. The van der Waals surface area contributed by atoms with Gasteiger partial charge in [0.2, 0.25) is 0 Å². The van der Waals surface area contributed by atoms with E-state index in [1.807, 2.05) is 0 Å². The van der Waals surface area contributed by atoms with Gasteiger partial charge in [0.05, 0.1) is 0 Å². The van der Waals surface area contributed by atoms with Crippen molar-refractivity contribution in [2.45, 2.75) is 39.0 Å². The van der Waals surface area contributed by atoms with Crippen molar-refractivity contribution in [3.8, 4) is 0 Å². The lowest BCUT2D eigenvalue weighted by molar-refractivity contribution is 0.161. The fourth-order valence-corrected chi connectivity index (χ4v) is 4.60. The minimum absolute atomic E-state index is 0.251. The molecule has 0 aromatic rings. The molecule has 3 aliphatic carbocycles. The zero-order valence-electron chi connectivity index (χ0n) is 12.5. The monoisotopic (exact) mass is 270 g/mol. The summed E-state index contributed by atoms with van der Waals surface area (Å²) < 4.78 is 0. The molecule has 3 aliphatic rings. The second kappa shape index (κ2) is 5.73. The van der Waals surface area contributed by atoms with Gasteiger partial charge in [-0.15, -0.1) is 0 Å². The van der Waals surface area contributed by atoms with Crippen LogP contribution in [0, 0.1) is 23.2 Å². The van der Waals surface area contributed by atoms with Crippen molar-refractivity contribution in [3.05, 3.63) is 48.1 Å². The summed E-state index contributed by atoms with van der Waals surface area (Å²) >= 11 is 0. The lowest BCUT2D eigenvalue weighted by Crippen LogP contribution is -2.33. The smallest absolute Gasteiger partial charge is 0.0431 e. The van der Waals surface area contributed by atoms with E-state index in [1.54, 1.807) is 5.57 Å². The van der Waals surface area contributed by atoms with Crippen LogP contribution in [0.5, 0.6) is 0 Å². The van der Waals surface area contributed by atoms with Crippen molar-refractivity contribution in [1.29, 1.82) is 0 Å². The first-order valence-corrected chi connectivity index (χ1v) is 8.08. The van der Waals surface area contributed by atoms with E-state index in [2.05, 4.69) is 49.5 Å². The highest BCUT2D eigenvalue weighted by Crippen LogP contribution is 2.55. The van der Waals surface area contributed by atoms with Crippen LogP contribution in [0.1, 0.15) is 39.0 Å². The molecule has 20 heavy (non-hydrogen) atoms. The summed E-state index contributed by atoms with van der Waals surface area (Å²) in [5.74, 6) is 2.17. The van der Waals surface area contributed by atoms with E-state index >= 15 is 0 Å². The first-order chi connectivity index (χ1) is 9.75. The Morgan fingerprint density at radius 1 is 1.20 bits per heavy atom. The summed E-state index contributed by atoms with van der Waals surface area (Å²) in [5.41, 5.74) is 1.83. The third-order valence-corrected chi connectivity index (χ3v) is 5.75. The number of allylic oxidation sites excluding steroid dienone is 8. The van der Waals surface area contributed by atoms with E-state index in [4.69, 9.17) is 0 Å². The third kappa shape index (κ3) is 2.33. The van der Waals surface area contributed by atoms with E-state index in [0.717, 1.165) is 31.1 Å². The van der Waals surface area contributed by atoms with Gasteiger partial charge in [-0.2, -0.15) is 0 Å². The summed E-state index contributed by atoms with van der Waals surface area (Å²) in [6.07, 6.45) is 21.9. The van der Waals surface area contributed by atoms with Crippen LogP contribution in [0.3, 0.4) is 0 Å². The van der Waals surface area contributed by atoms with E-state index < -0.39 is 0 Å². The van der Waals surface area contributed by atoms with Gasteiger partial charge in [-0.05, 0) is 55.3 Å². The Kier molecular flexibility index (Phi) is 3.98. The average Bonchev–Trinajstić information content (AvgIpc) is 3.14. The molecule has 1 N–H and O–H groups in total. The van der Waals surface area contributed by atoms with Gasteiger partial charge >= 0.3 is 0 Å². The van der Waals surface area contributed by atoms with Crippen LogP contribution < -0.4 is 0 Å². The van der Waals surface area contributed by atoms with Gasteiger partial charge in [-0.3, -0.25) is 0 Å². The van der Waals surface area contributed by atoms with Crippen LogP contribution in [-0.2, 0) is 0 Å². The van der Waals surface area contributed by atoms with Gasteiger partial charge in [-0.1, -0.05) is 55.0 Å². The van der Waals surface area contributed by atoms with Crippen LogP contribution in [0.15, 0.2) is 48.1 Å². The quantitative estimate of drug-likeness (QED) is 0.784. The molecule has 0 radical (unpaired) electrons. The molecule has 1 nitrogen and oxygen atoms in total. The number of aliphatic hydroxyl groups excluding tert-OH is 1. The Hall–Kier alpha value is -1.08. The lowest BCUT2D eigenvalue weighted by Gasteiger charge is -2.41. The Labute approximate surface area is 122 Å². The molecular weight excluding hydrogens is 244 g/mol. The van der Waals surface area contributed by atoms with Gasteiger partial charge in [0, 0.05) is 6.61 Å². The Morgan fingerprint density at radius 2 is 2.05 bits per heavy atom. The molecule has 4 atom stereocenters. The minimum atomic E-state index is 0.251. The van der Waals surface area contributed by atoms with E-state index in [-0.39, 0.29) is 5.41 Å².